The Bertz CT molecular complexity index is 948. The molecule has 1 amide bonds. The lowest BCUT2D eigenvalue weighted by Crippen LogP contribution is -2.37. The van der Waals surface area contributed by atoms with Gasteiger partial charge in [0, 0.05) is 31.7 Å². The molecule has 1 aliphatic heterocycles. The molecule has 1 aliphatic rings. The molecule has 3 rings (SSSR count). The van der Waals surface area contributed by atoms with E-state index in [2.05, 4.69) is 24.1 Å². The van der Waals surface area contributed by atoms with E-state index < -0.39 is 12.1 Å². The molecule has 0 saturated carbocycles. The summed E-state index contributed by atoms with van der Waals surface area (Å²) in [7, 11) is 1.65. The third kappa shape index (κ3) is 6.52. The lowest BCUT2D eigenvalue weighted by atomic mass is 9.90. The maximum absolute atomic E-state index is 12.3. The third-order valence-corrected chi connectivity index (χ3v) is 6.14. The molecule has 1 saturated heterocycles. The van der Waals surface area contributed by atoms with E-state index in [-0.39, 0.29) is 11.8 Å². The lowest BCUT2D eigenvalue weighted by Gasteiger charge is -2.34. The van der Waals surface area contributed by atoms with Crippen molar-refractivity contribution in [1.29, 1.82) is 0 Å². The molecule has 2 aromatic heterocycles. The van der Waals surface area contributed by atoms with Crippen LogP contribution in [-0.4, -0.2) is 70.5 Å². The van der Waals surface area contributed by atoms with Crippen LogP contribution in [0.2, 0.25) is 0 Å². The highest BCUT2D eigenvalue weighted by Gasteiger charge is 2.27. The van der Waals surface area contributed by atoms with Gasteiger partial charge in [0.2, 0.25) is 5.91 Å². The summed E-state index contributed by atoms with van der Waals surface area (Å²) in [6, 6.07) is 3.99. The standard InChI is InChI=1S/C24H36N4O5/c1-16(2)27-12-10-18(11-13-27)19-15-28(33-24(31)17(3)29)20-8-9-21(26-23(19)20)25-22(30)7-5-6-14-32-4/h8-9,15-18,29H,5-7,10-14H2,1-4H3,(H,25,26,30). The number of likely N-dealkylation sites (tertiary alicyclic amines) is 1. The first-order chi connectivity index (χ1) is 15.8. The summed E-state index contributed by atoms with van der Waals surface area (Å²) in [6.45, 7) is 8.38. The highest BCUT2D eigenvalue weighted by molar-refractivity contribution is 5.91. The van der Waals surface area contributed by atoms with E-state index in [1.807, 2.05) is 0 Å². The second kappa shape index (κ2) is 11.6. The minimum Gasteiger partial charge on any atom is -0.385 e. The second-order valence-corrected chi connectivity index (χ2v) is 8.96. The Morgan fingerprint density at radius 2 is 1.94 bits per heavy atom. The molecule has 1 unspecified atom stereocenters. The number of nitrogens with zero attached hydrogens (tertiary/aromatic N) is 3. The minimum absolute atomic E-state index is 0.0929. The van der Waals surface area contributed by atoms with E-state index in [0.29, 0.717) is 35.9 Å². The molecule has 0 bridgehead atoms. The number of methoxy groups -OCH3 is 1. The predicted molar refractivity (Wildman–Crippen MR) is 126 cm³/mol. The topological polar surface area (TPSA) is 106 Å². The van der Waals surface area contributed by atoms with Crippen LogP contribution in [0.3, 0.4) is 0 Å². The molecule has 33 heavy (non-hydrogen) atoms. The van der Waals surface area contributed by atoms with Gasteiger partial charge in [-0.25, -0.2) is 9.78 Å². The molecule has 9 nitrogen and oxygen atoms in total. The van der Waals surface area contributed by atoms with Gasteiger partial charge >= 0.3 is 5.97 Å². The van der Waals surface area contributed by atoms with Gasteiger partial charge in [-0.05, 0) is 77.6 Å². The van der Waals surface area contributed by atoms with E-state index >= 15 is 0 Å². The molecule has 0 radical (unpaired) electrons. The number of carbonyl (C=O) groups is 2. The Balaban J connectivity index is 1.83. The number of amides is 1. The number of piperidine rings is 1. The average molecular weight is 461 g/mol. The van der Waals surface area contributed by atoms with Crippen molar-refractivity contribution >= 4 is 28.7 Å². The van der Waals surface area contributed by atoms with Crippen molar-refractivity contribution in [1.82, 2.24) is 14.6 Å². The Morgan fingerprint density at radius 1 is 1.21 bits per heavy atom. The number of hydrogen-bond acceptors (Lipinski definition) is 7. The minimum atomic E-state index is -1.23. The smallest absolute Gasteiger partial charge is 0.360 e. The molecule has 1 atom stereocenters. The Hall–Kier alpha value is -2.49. The van der Waals surface area contributed by atoms with Crippen LogP contribution >= 0.6 is 0 Å². The zero-order valence-electron chi connectivity index (χ0n) is 20.0. The number of fused-ring (bicyclic) bond motifs is 1. The molecule has 182 valence electrons. The number of ether oxygens (including phenoxy) is 1. The maximum atomic E-state index is 12.3. The van der Waals surface area contributed by atoms with Crippen molar-refractivity contribution in [3.63, 3.8) is 0 Å². The first-order valence-electron chi connectivity index (χ1n) is 11.7. The molecule has 0 aromatic carbocycles. The largest absolute Gasteiger partial charge is 0.385 e. The fraction of sp³-hybridized carbons (Fsp3) is 0.625. The van der Waals surface area contributed by atoms with Gasteiger partial charge in [0.1, 0.15) is 11.3 Å². The van der Waals surface area contributed by atoms with E-state index in [9.17, 15) is 14.7 Å². The first-order valence-corrected chi connectivity index (χ1v) is 11.7. The van der Waals surface area contributed by atoms with Crippen LogP contribution in [0, 0.1) is 0 Å². The van der Waals surface area contributed by atoms with E-state index in [1.165, 1.54) is 11.7 Å². The number of aliphatic hydroxyl groups excluding tert-OH is 1. The van der Waals surface area contributed by atoms with Gasteiger partial charge in [0.15, 0.2) is 6.10 Å². The summed E-state index contributed by atoms with van der Waals surface area (Å²) in [6.07, 6.45) is 4.48. The number of anilines is 1. The zero-order chi connectivity index (χ0) is 24.0. The van der Waals surface area contributed by atoms with E-state index in [0.717, 1.165) is 44.3 Å². The predicted octanol–water partition coefficient (Wildman–Crippen LogP) is 2.72. The number of unbranched alkanes of at least 4 members (excludes halogenated alkanes) is 1. The highest BCUT2D eigenvalue weighted by Crippen LogP contribution is 2.34. The van der Waals surface area contributed by atoms with Gasteiger partial charge in [0.05, 0.1) is 11.7 Å². The van der Waals surface area contributed by atoms with Gasteiger partial charge in [-0.1, -0.05) is 0 Å². The van der Waals surface area contributed by atoms with Crippen LogP contribution < -0.4 is 10.2 Å². The summed E-state index contributed by atoms with van der Waals surface area (Å²) in [5, 5.41) is 12.4. The van der Waals surface area contributed by atoms with Crippen LogP contribution in [0.5, 0.6) is 0 Å². The zero-order valence-corrected chi connectivity index (χ0v) is 20.0. The van der Waals surface area contributed by atoms with Crippen LogP contribution in [0.1, 0.15) is 64.4 Å². The number of aliphatic hydroxyl groups is 1. The van der Waals surface area contributed by atoms with Crippen LogP contribution in [0.15, 0.2) is 18.3 Å². The monoisotopic (exact) mass is 460 g/mol. The molecular weight excluding hydrogens is 424 g/mol. The maximum Gasteiger partial charge on any atom is 0.360 e. The lowest BCUT2D eigenvalue weighted by molar-refractivity contribution is -0.152. The number of hydrogen-bond donors (Lipinski definition) is 2. The Labute approximate surface area is 195 Å². The molecule has 2 aromatic rings. The molecule has 0 aliphatic carbocycles. The summed E-state index contributed by atoms with van der Waals surface area (Å²) in [5.41, 5.74) is 2.32. The van der Waals surface area contributed by atoms with Crippen molar-refractivity contribution in [3.05, 3.63) is 23.9 Å². The van der Waals surface area contributed by atoms with Gasteiger partial charge in [-0.3, -0.25) is 4.79 Å². The van der Waals surface area contributed by atoms with Crippen LogP contribution in [0.4, 0.5) is 5.82 Å². The number of rotatable bonds is 10. The summed E-state index contributed by atoms with van der Waals surface area (Å²) >= 11 is 0. The Morgan fingerprint density at radius 3 is 2.58 bits per heavy atom. The quantitative estimate of drug-likeness (QED) is 0.525. The molecular formula is C24H36N4O5. The Kier molecular flexibility index (Phi) is 8.82. The fourth-order valence-electron chi connectivity index (χ4n) is 4.18. The third-order valence-electron chi connectivity index (χ3n) is 6.14. The number of aromatic nitrogens is 2. The van der Waals surface area contributed by atoms with Crippen molar-refractivity contribution in [2.24, 2.45) is 0 Å². The van der Waals surface area contributed by atoms with E-state index in [1.54, 1.807) is 25.4 Å². The molecule has 3 heterocycles. The fourth-order valence-corrected chi connectivity index (χ4v) is 4.18. The molecule has 1 fully saturated rings. The van der Waals surface area contributed by atoms with Gasteiger partial charge in [-0.2, -0.15) is 4.73 Å². The summed E-state index contributed by atoms with van der Waals surface area (Å²) < 4.78 is 6.41. The average Bonchev–Trinajstić information content (AvgIpc) is 3.14. The summed E-state index contributed by atoms with van der Waals surface area (Å²) in [5.74, 6) is -0.0903. The van der Waals surface area contributed by atoms with Crippen LogP contribution in [0.25, 0.3) is 11.0 Å². The van der Waals surface area contributed by atoms with Crippen molar-refractivity contribution < 1.29 is 24.3 Å². The van der Waals surface area contributed by atoms with Gasteiger partial charge in [0.25, 0.3) is 0 Å². The first kappa shape index (κ1) is 25.1. The van der Waals surface area contributed by atoms with Gasteiger partial charge < -0.3 is 24.9 Å². The number of carbonyl (C=O) groups excluding carboxylic acids is 2. The highest BCUT2D eigenvalue weighted by atomic mass is 16.7. The van der Waals surface area contributed by atoms with Crippen LogP contribution in [-0.2, 0) is 14.3 Å². The number of pyridine rings is 1. The summed E-state index contributed by atoms with van der Waals surface area (Å²) in [4.78, 5) is 36.9. The van der Waals surface area contributed by atoms with Crippen molar-refractivity contribution in [2.45, 2.75) is 70.9 Å². The second-order valence-electron chi connectivity index (χ2n) is 8.96. The molecule has 9 heteroatoms. The SMILES string of the molecule is COCCCCC(=O)Nc1ccc2c(n1)c(C1CCN(C(C)C)CC1)cn2OC(=O)C(C)O. The van der Waals surface area contributed by atoms with Crippen molar-refractivity contribution in [2.75, 3.05) is 32.1 Å². The molecule has 2 N–H and O–H groups in total. The van der Waals surface area contributed by atoms with Gasteiger partial charge in [-0.15, -0.1) is 0 Å². The van der Waals surface area contributed by atoms with Crippen molar-refractivity contribution in [3.8, 4) is 0 Å². The molecule has 0 spiro atoms. The van der Waals surface area contributed by atoms with E-state index in [4.69, 9.17) is 14.6 Å². The number of nitrogens with one attached hydrogen (secondary N) is 1. The normalized spacial score (nSPS) is 16.3.